The molecule has 0 saturated carbocycles. The summed E-state index contributed by atoms with van der Waals surface area (Å²) in [4.78, 5) is 47.3. The molecule has 8 nitrogen and oxygen atoms in total. The maximum atomic E-state index is 12.1. The summed E-state index contributed by atoms with van der Waals surface area (Å²) in [6.45, 7) is -0.637. The second kappa shape index (κ2) is 7.78. The molecule has 128 valence electrons. The molecule has 1 heterocycles. The molecule has 9 heteroatoms. The first-order chi connectivity index (χ1) is 11.4. The first-order valence-electron chi connectivity index (χ1n) is 7.19. The zero-order chi connectivity index (χ0) is 17.7. The Morgan fingerprint density at radius 2 is 1.83 bits per heavy atom. The number of hydrogen-bond donors (Lipinski definition) is 3. The smallest absolute Gasteiger partial charge is 0.322 e. The number of carbonyl (C=O) groups excluding carboxylic acids is 3. The van der Waals surface area contributed by atoms with Gasteiger partial charge in [-0.1, -0.05) is 11.6 Å². The van der Waals surface area contributed by atoms with Gasteiger partial charge in [-0.2, -0.15) is 0 Å². The average molecular weight is 354 g/mol. The molecule has 1 fully saturated rings. The molecule has 1 atom stereocenters. The number of hydrogen-bond acceptors (Lipinski definition) is 4. The molecule has 0 aliphatic carbocycles. The Hall–Kier alpha value is -2.61. The molecular weight excluding hydrogens is 338 g/mol. The van der Waals surface area contributed by atoms with E-state index in [1.807, 2.05) is 0 Å². The lowest BCUT2D eigenvalue weighted by Gasteiger charge is -2.16. The van der Waals surface area contributed by atoms with Crippen molar-refractivity contribution in [2.24, 2.45) is 5.92 Å². The predicted octanol–water partition coefficient (Wildman–Crippen LogP) is 0.00990. The van der Waals surface area contributed by atoms with E-state index in [1.165, 1.54) is 4.90 Å². The zero-order valence-corrected chi connectivity index (χ0v) is 13.4. The molecule has 1 unspecified atom stereocenters. The quantitative estimate of drug-likeness (QED) is 0.666. The number of carboxylic acids is 1. The number of rotatable bonds is 6. The van der Waals surface area contributed by atoms with E-state index in [-0.39, 0.29) is 25.4 Å². The highest BCUT2D eigenvalue weighted by molar-refractivity contribution is 6.30. The van der Waals surface area contributed by atoms with Crippen LogP contribution in [0.15, 0.2) is 24.3 Å². The number of carboxylic acid groups (broad SMARTS) is 1. The molecule has 1 aromatic carbocycles. The number of amides is 3. The third-order valence-corrected chi connectivity index (χ3v) is 3.75. The lowest BCUT2D eigenvalue weighted by molar-refractivity contribution is -0.137. The Labute approximate surface area is 142 Å². The van der Waals surface area contributed by atoms with E-state index in [9.17, 15) is 19.2 Å². The summed E-state index contributed by atoms with van der Waals surface area (Å²) in [5.41, 5.74) is 0.652. The first kappa shape index (κ1) is 17.7. The van der Waals surface area contributed by atoms with Gasteiger partial charge in [-0.05, 0) is 24.3 Å². The summed E-state index contributed by atoms with van der Waals surface area (Å²) >= 11 is 5.81. The van der Waals surface area contributed by atoms with Crippen molar-refractivity contribution in [3.8, 4) is 0 Å². The third kappa shape index (κ3) is 4.69. The summed E-state index contributed by atoms with van der Waals surface area (Å²) in [6.07, 6.45) is 0.0468. The van der Waals surface area contributed by atoms with Crippen molar-refractivity contribution in [1.29, 1.82) is 0 Å². The Morgan fingerprint density at radius 3 is 2.46 bits per heavy atom. The number of aliphatic carboxylic acids is 1. The average Bonchev–Trinajstić information content (AvgIpc) is 2.93. The van der Waals surface area contributed by atoms with Crippen LogP contribution in [0.2, 0.25) is 5.02 Å². The van der Waals surface area contributed by atoms with Crippen LogP contribution in [0.1, 0.15) is 6.42 Å². The van der Waals surface area contributed by atoms with Crippen LogP contribution in [0.3, 0.4) is 0 Å². The SMILES string of the molecule is O=C(O)CNC(=O)CNC(=O)C1CC(=O)N(c2ccc(Cl)cc2)C1. The van der Waals surface area contributed by atoms with Crippen LogP contribution in [-0.4, -0.2) is 48.4 Å². The lowest BCUT2D eigenvalue weighted by atomic mass is 10.1. The van der Waals surface area contributed by atoms with Crippen LogP contribution in [0, 0.1) is 5.92 Å². The second-order valence-corrected chi connectivity index (χ2v) is 5.71. The molecule has 0 spiro atoms. The molecule has 0 aromatic heterocycles. The van der Waals surface area contributed by atoms with E-state index in [0.717, 1.165) is 0 Å². The van der Waals surface area contributed by atoms with Crippen molar-refractivity contribution in [2.45, 2.75) is 6.42 Å². The van der Waals surface area contributed by atoms with Crippen LogP contribution < -0.4 is 15.5 Å². The molecule has 0 bridgehead atoms. The molecule has 1 saturated heterocycles. The number of carbonyl (C=O) groups is 4. The summed E-state index contributed by atoms with van der Waals surface area (Å²) in [5.74, 6) is -2.96. The normalized spacial score (nSPS) is 16.8. The maximum absolute atomic E-state index is 12.1. The van der Waals surface area contributed by atoms with Gasteiger partial charge < -0.3 is 20.6 Å². The minimum Gasteiger partial charge on any atom is -0.480 e. The van der Waals surface area contributed by atoms with E-state index in [1.54, 1.807) is 24.3 Å². The fraction of sp³-hybridized carbons (Fsp3) is 0.333. The van der Waals surface area contributed by atoms with Crippen LogP contribution in [-0.2, 0) is 19.2 Å². The molecular formula is C15H16ClN3O5. The highest BCUT2D eigenvalue weighted by atomic mass is 35.5. The molecule has 2 rings (SSSR count). The molecule has 24 heavy (non-hydrogen) atoms. The molecule has 1 aliphatic rings. The Kier molecular flexibility index (Phi) is 5.75. The van der Waals surface area contributed by atoms with Gasteiger partial charge in [0.1, 0.15) is 6.54 Å². The second-order valence-electron chi connectivity index (χ2n) is 5.27. The van der Waals surface area contributed by atoms with Crippen molar-refractivity contribution in [2.75, 3.05) is 24.5 Å². The summed E-state index contributed by atoms with van der Waals surface area (Å²) < 4.78 is 0. The standard InChI is InChI=1S/C15H16ClN3O5/c16-10-1-3-11(4-2-10)19-8-9(5-13(19)21)15(24)18-6-12(20)17-7-14(22)23/h1-4,9H,5-8H2,(H,17,20)(H,18,24)(H,22,23). The summed E-state index contributed by atoms with van der Waals surface area (Å²) in [7, 11) is 0. The third-order valence-electron chi connectivity index (χ3n) is 3.49. The topological polar surface area (TPSA) is 116 Å². The van der Waals surface area contributed by atoms with E-state index in [0.29, 0.717) is 10.7 Å². The summed E-state index contributed by atoms with van der Waals surface area (Å²) in [5, 5.41) is 13.5. The van der Waals surface area contributed by atoms with Crippen LogP contribution >= 0.6 is 11.6 Å². The number of nitrogens with one attached hydrogen (secondary N) is 2. The van der Waals surface area contributed by atoms with Crippen LogP contribution in [0.5, 0.6) is 0 Å². The molecule has 1 aromatic rings. The van der Waals surface area contributed by atoms with Gasteiger partial charge in [-0.3, -0.25) is 19.2 Å². The van der Waals surface area contributed by atoms with Gasteiger partial charge in [0.15, 0.2) is 0 Å². The van der Waals surface area contributed by atoms with Crippen molar-refractivity contribution in [3.05, 3.63) is 29.3 Å². The van der Waals surface area contributed by atoms with Gasteiger partial charge in [-0.25, -0.2) is 0 Å². The highest BCUT2D eigenvalue weighted by Crippen LogP contribution is 2.26. The number of nitrogens with zero attached hydrogens (tertiary/aromatic N) is 1. The molecule has 3 N–H and O–H groups in total. The molecule has 0 radical (unpaired) electrons. The van der Waals surface area contributed by atoms with Crippen LogP contribution in [0.4, 0.5) is 5.69 Å². The fourth-order valence-corrected chi connectivity index (χ4v) is 2.43. The highest BCUT2D eigenvalue weighted by Gasteiger charge is 2.35. The van der Waals surface area contributed by atoms with Crippen molar-refractivity contribution in [1.82, 2.24) is 10.6 Å². The number of halogens is 1. The van der Waals surface area contributed by atoms with Gasteiger partial charge >= 0.3 is 5.97 Å². The molecule has 1 aliphatic heterocycles. The van der Waals surface area contributed by atoms with E-state index >= 15 is 0 Å². The van der Waals surface area contributed by atoms with Crippen molar-refractivity contribution >= 4 is 41.0 Å². The molecule has 3 amide bonds. The van der Waals surface area contributed by atoms with Gasteiger partial charge in [-0.15, -0.1) is 0 Å². The zero-order valence-electron chi connectivity index (χ0n) is 12.6. The monoisotopic (exact) mass is 353 g/mol. The van der Waals surface area contributed by atoms with E-state index < -0.39 is 30.2 Å². The van der Waals surface area contributed by atoms with Crippen molar-refractivity contribution in [3.63, 3.8) is 0 Å². The minimum atomic E-state index is -1.17. The number of benzene rings is 1. The largest absolute Gasteiger partial charge is 0.480 e. The predicted molar refractivity (Wildman–Crippen MR) is 85.6 cm³/mol. The van der Waals surface area contributed by atoms with Gasteiger partial charge in [0.2, 0.25) is 17.7 Å². The summed E-state index contributed by atoms with van der Waals surface area (Å²) in [6, 6.07) is 6.70. The minimum absolute atomic E-state index is 0.0468. The Morgan fingerprint density at radius 1 is 1.17 bits per heavy atom. The maximum Gasteiger partial charge on any atom is 0.322 e. The first-order valence-corrected chi connectivity index (χ1v) is 7.56. The lowest BCUT2D eigenvalue weighted by Crippen LogP contribution is -2.41. The van der Waals surface area contributed by atoms with Crippen LogP contribution in [0.25, 0.3) is 0 Å². The van der Waals surface area contributed by atoms with E-state index in [4.69, 9.17) is 16.7 Å². The van der Waals surface area contributed by atoms with E-state index in [2.05, 4.69) is 10.6 Å². The van der Waals surface area contributed by atoms with Gasteiger partial charge in [0.25, 0.3) is 0 Å². The van der Waals surface area contributed by atoms with Gasteiger partial charge in [0, 0.05) is 23.7 Å². The number of anilines is 1. The van der Waals surface area contributed by atoms with Crippen molar-refractivity contribution < 1.29 is 24.3 Å². The van der Waals surface area contributed by atoms with Gasteiger partial charge in [0.05, 0.1) is 12.5 Å². The Bertz CT molecular complexity index is 662. The Balaban J connectivity index is 1.86. The fourth-order valence-electron chi connectivity index (χ4n) is 2.30.